The molecule has 4 amide bonds. The van der Waals surface area contributed by atoms with Gasteiger partial charge in [0, 0.05) is 41.6 Å². The molecular weight excluding hydrogens is 562 g/mol. The molecule has 2 saturated heterocycles. The number of nitrogens with zero attached hydrogens (tertiary/aromatic N) is 2. The highest BCUT2D eigenvalue weighted by molar-refractivity contribution is 7.92. The van der Waals surface area contributed by atoms with E-state index >= 15 is 0 Å². The van der Waals surface area contributed by atoms with Crippen LogP contribution in [0.2, 0.25) is 4.34 Å². The maximum atomic E-state index is 13.1. The second kappa shape index (κ2) is 13.4. The van der Waals surface area contributed by atoms with Crippen molar-refractivity contribution in [3.05, 3.63) is 57.1 Å². The minimum absolute atomic E-state index is 0.0281. The van der Waals surface area contributed by atoms with Crippen LogP contribution in [0.5, 0.6) is 0 Å². The highest BCUT2D eigenvalue weighted by atomic mass is 35.5. The zero-order valence-electron chi connectivity index (χ0n) is 21.3. The van der Waals surface area contributed by atoms with Gasteiger partial charge in [-0.1, -0.05) is 29.8 Å². The quantitative estimate of drug-likeness (QED) is 0.389. The first-order valence-corrected chi connectivity index (χ1v) is 15.6. The van der Waals surface area contributed by atoms with E-state index in [-0.39, 0.29) is 24.5 Å². The summed E-state index contributed by atoms with van der Waals surface area (Å²) in [6, 6.07) is 11.3. The molecule has 3 heterocycles. The molecule has 0 spiro atoms. The average molecular weight is 594 g/mol. The topological polar surface area (TPSA) is 128 Å². The maximum Gasteiger partial charge on any atom is 0.319 e. The van der Waals surface area contributed by atoms with E-state index in [1.165, 1.54) is 22.3 Å². The van der Waals surface area contributed by atoms with Crippen molar-refractivity contribution in [1.82, 2.24) is 19.8 Å². The first-order chi connectivity index (χ1) is 18.7. The molecule has 39 heavy (non-hydrogen) atoms. The molecule has 2 atom stereocenters. The Kier molecular flexibility index (Phi) is 10.0. The Morgan fingerprint density at radius 1 is 1.08 bits per heavy atom. The number of hydrogen-bond donors (Lipinski definition) is 3. The van der Waals surface area contributed by atoms with Gasteiger partial charge in [0.25, 0.3) is 0 Å². The van der Waals surface area contributed by atoms with Gasteiger partial charge in [-0.3, -0.25) is 9.59 Å². The minimum atomic E-state index is -3.87. The monoisotopic (exact) mass is 593 g/mol. The molecule has 0 unspecified atom stereocenters. The SMILES string of the molecule is O=C(NCC[C@H]1CCCN1C(=O)CN1CCC[C@H](NS(=O)(=O)/C=C/c2ccc(Cl)s2)C1=O)Nc1ccccc1. The molecular formula is C26H32ClN5O5S2. The van der Waals surface area contributed by atoms with Crippen LogP contribution in [0.4, 0.5) is 10.5 Å². The first kappa shape index (κ1) is 29.1. The Balaban J connectivity index is 1.25. The number of carbonyl (C=O) groups excluding carboxylic acids is 3. The molecule has 1 aromatic carbocycles. The first-order valence-electron chi connectivity index (χ1n) is 12.8. The Morgan fingerprint density at radius 2 is 1.85 bits per heavy atom. The minimum Gasteiger partial charge on any atom is -0.338 e. The van der Waals surface area contributed by atoms with Crippen LogP contribution in [0.25, 0.3) is 6.08 Å². The fourth-order valence-corrected chi connectivity index (χ4v) is 6.86. The normalized spacial score (nSPS) is 20.0. The Labute approximate surface area is 237 Å². The van der Waals surface area contributed by atoms with Crippen molar-refractivity contribution in [3.63, 3.8) is 0 Å². The number of rotatable bonds is 10. The summed E-state index contributed by atoms with van der Waals surface area (Å²) in [5.41, 5.74) is 0.697. The smallest absolute Gasteiger partial charge is 0.319 e. The van der Waals surface area contributed by atoms with Crippen LogP contribution in [-0.2, 0) is 19.6 Å². The van der Waals surface area contributed by atoms with Crippen molar-refractivity contribution in [2.45, 2.75) is 44.2 Å². The molecule has 1 aromatic heterocycles. The number of amides is 4. The van der Waals surface area contributed by atoms with E-state index in [4.69, 9.17) is 11.6 Å². The molecule has 0 aliphatic carbocycles. The van der Waals surface area contributed by atoms with E-state index in [1.807, 2.05) is 18.2 Å². The number of anilines is 1. The zero-order chi connectivity index (χ0) is 27.8. The van der Waals surface area contributed by atoms with Gasteiger partial charge in [-0.2, -0.15) is 4.72 Å². The number of carbonyl (C=O) groups is 3. The summed E-state index contributed by atoms with van der Waals surface area (Å²) >= 11 is 7.13. The van der Waals surface area contributed by atoms with Crippen molar-refractivity contribution in [3.8, 4) is 0 Å². The molecule has 2 aromatic rings. The summed E-state index contributed by atoms with van der Waals surface area (Å²) in [6.07, 6.45) is 4.66. The number of para-hydroxylation sites is 1. The third-order valence-electron chi connectivity index (χ3n) is 6.66. The molecule has 13 heteroatoms. The Bertz CT molecular complexity index is 1300. The molecule has 2 aliphatic heterocycles. The van der Waals surface area contributed by atoms with Crippen LogP contribution in [0.1, 0.15) is 37.0 Å². The van der Waals surface area contributed by atoms with Crippen LogP contribution in [0, 0.1) is 0 Å². The fourth-order valence-electron chi connectivity index (χ4n) is 4.79. The maximum absolute atomic E-state index is 13.1. The van der Waals surface area contributed by atoms with Gasteiger partial charge in [-0.15, -0.1) is 11.3 Å². The van der Waals surface area contributed by atoms with Crippen LogP contribution in [0.15, 0.2) is 47.9 Å². The van der Waals surface area contributed by atoms with E-state index in [9.17, 15) is 22.8 Å². The van der Waals surface area contributed by atoms with Gasteiger partial charge in [-0.05, 0) is 62.4 Å². The summed E-state index contributed by atoms with van der Waals surface area (Å²) in [4.78, 5) is 42.2. The summed E-state index contributed by atoms with van der Waals surface area (Å²) in [5, 5.41) is 6.61. The summed E-state index contributed by atoms with van der Waals surface area (Å²) in [5.74, 6) is -0.571. The Morgan fingerprint density at radius 3 is 2.59 bits per heavy atom. The van der Waals surface area contributed by atoms with Gasteiger partial charge in [0.15, 0.2) is 0 Å². The third-order valence-corrected chi connectivity index (χ3v) is 8.96. The number of sulfonamides is 1. The number of benzene rings is 1. The van der Waals surface area contributed by atoms with Gasteiger partial charge in [-0.25, -0.2) is 13.2 Å². The summed E-state index contributed by atoms with van der Waals surface area (Å²) in [6.45, 7) is 1.30. The predicted octanol–water partition coefficient (Wildman–Crippen LogP) is 3.49. The number of urea groups is 1. The van der Waals surface area contributed by atoms with E-state index < -0.39 is 22.0 Å². The lowest BCUT2D eigenvalue weighted by Gasteiger charge is -2.34. The largest absolute Gasteiger partial charge is 0.338 e. The van der Waals surface area contributed by atoms with Gasteiger partial charge < -0.3 is 20.4 Å². The summed E-state index contributed by atoms with van der Waals surface area (Å²) in [7, 11) is -3.87. The van der Waals surface area contributed by atoms with E-state index in [0.717, 1.165) is 18.2 Å². The average Bonchev–Trinajstić information content (AvgIpc) is 3.54. The van der Waals surface area contributed by atoms with Crippen molar-refractivity contribution in [2.75, 3.05) is 31.5 Å². The summed E-state index contributed by atoms with van der Waals surface area (Å²) < 4.78 is 28.1. The zero-order valence-corrected chi connectivity index (χ0v) is 23.7. The van der Waals surface area contributed by atoms with Crippen LogP contribution in [0.3, 0.4) is 0 Å². The lowest BCUT2D eigenvalue weighted by Crippen LogP contribution is -2.54. The number of piperidine rings is 1. The second-order valence-corrected chi connectivity index (χ2v) is 12.8. The van der Waals surface area contributed by atoms with Crippen LogP contribution < -0.4 is 15.4 Å². The third kappa shape index (κ3) is 8.53. The van der Waals surface area contributed by atoms with Crippen molar-refractivity contribution in [1.29, 1.82) is 0 Å². The molecule has 2 fully saturated rings. The lowest BCUT2D eigenvalue weighted by atomic mass is 10.1. The van der Waals surface area contributed by atoms with E-state index in [2.05, 4.69) is 15.4 Å². The van der Waals surface area contributed by atoms with Gasteiger partial charge in [0.2, 0.25) is 21.8 Å². The van der Waals surface area contributed by atoms with E-state index in [0.29, 0.717) is 53.8 Å². The Hall–Kier alpha value is -2.93. The molecule has 10 nitrogen and oxygen atoms in total. The van der Waals surface area contributed by atoms with Crippen LogP contribution in [-0.4, -0.2) is 74.3 Å². The van der Waals surface area contributed by atoms with Gasteiger partial charge >= 0.3 is 6.03 Å². The highest BCUT2D eigenvalue weighted by Gasteiger charge is 2.35. The number of thiophene rings is 1. The number of likely N-dealkylation sites (tertiary alicyclic amines) is 2. The molecule has 210 valence electrons. The van der Waals surface area contributed by atoms with Gasteiger partial charge in [0.05, 0.1) is 10.9 Å². The lowest BCUT2D eigenvalue weighted by molar-refractivity contribution is -0.143. The molecule has 0 bridgehead atoms. The highest BCUT2D eigenvalue weighted by Crippen LogP contribution is 2.23. The van der Waals surface area contributed by atoms with Crippen LogP contribution >= 0.6 is 22.9 Å². The standard InChI is InChI=1S/C26H32ClN5O5S2/c27-23-11-10-21(38-23)13-17-39(36,37)30-22-9-5-15-31(25(22)34)18-24(33)32-16-4-8-20(32)12-14-28-26(35)29-19-6-2-1-3-7-19/h1-3,6-7,10-11,13,17,20,22,30H,4-5,8-9,12,14-16,18H2,(H2,28,29,35)/b17-13+/t20-,22+/m1/s1. The second-order valence-electron chi connectivity index (χ2n) is 9.48. The predicted molar refractivity (Wildman–Crippen MR) is 153 cm³/mol. The molecule has 4 rings (SSSR count). The van der Waals surface area contributed by atoms with Crippen molar-refractivity contribution in [2.24, 2.45) is 0 Å². The molecule has 0 saturated carbocycles. The number of hydrogen-bond acceptors (Lipinski definition) is 6. The molecule has 0 radical (unpaired) electrons. The van der Waals surface area contributed by atoms with Crippen molar-refractivity contribution >= 4 is 62.6 Å². The van der Waals surface area contributed by atoms with E-state index in [1.54, 1.807) is 29.2 Å². The molecule has 2 aliphatic rings. The van der Waals surface area contributed by atoms with Gasteiger partial charge in [0.1, 0.15) is 6.04 Å². The van der Waals surface area contributed by atoms with Crippen molar-refractivity contribution < 1.29 is 22.8 Å². The fraction of sp³-hybridized carbons (Fsp3) is 0.423. The molecule has 3 N–H and O–H groups in total. The number of nitrogens with one attached hydrogen (secondary N) is 3. The number of halogens is 1.